The number of amides is 2. The molecule has 3 heterocycles. The molecule has 4 aliphatic carbocycles. The Morgan fingerprint density at radius 1 is 0.578 bits per heavy atom. The molecular formula is C70H102N2O18. The maximum Gasteiger partial charge on any atom is 0.309 e. The second-order valence-corrected chi connectivity index (χ2v) is 25.0. The summed E-state index contributed by atoms with van der Waals surface area (Å²) in [6, 6.07) is 18.9. The number of esters is 6. The van der Waals surface area contributed by atoms with Gasteiger partial charge in [0.05, 0.1) is 53.5 Å². The molecule has 15 unspecified atom stereocenters. The van der Waals surface area contributed by atoms with E-state index in [9.17, 15) is 48.6 Å². The summed E-state index contributed by atoms with van der Waals surface area (Å²) in [5.41, 5.74) is 0.736. The van der Waals surface area contributed by atoms with Crippen LogP contribution in [0, 0.1) is 59.2 Å². The van der Waals surface area contributed by atoms with Crippen molar-refractivity contribution in [2.75, 3.05) is 23.8 Å². The van der Waals surface area contributed by atoms with Crippen molar-refractivity contribution < 1.29 is 86.5 Å². The maximum atomic E-state index is 12.4. The first-order valence-corrected chi connectivity index (χ1v) is 32.4. The van der Waals surface area contributed by atoms with Crippen LogP contribution in [-0.2, 0) is 66.7 Å². The van der Waals surface area contributed by atoms with Crippen LogP contribution in [0.3, 0.4) is 0 Å². The Hall–Kier alpha value is -7.06. The molecule has 4 saturated carbocycles. The van der Waals surface area contributed by atoms with Gasteiger partial charge in [-0.05, 0) is 128 Å². The van der Waals surface area contributed by atoms with Crippen molar-refractivity contribution >= 4 is 59.0 Å². The number of fused-ring (bicyclic) bond motifs is 2. The number of hydrogen-bond donors (Lipinski definition) is 4. The molecule has 3 aromatic rings. The lowest BCUT2D eigenvalue weighted by molar-refractivity contribution is -0.165. The first kappa shape index (κ1) is 75.4. The average molecular weight is 1260 g/mol. The van der Waals surface area contributed by atoms with Gasteiger partial charge in [0.15, 0.2) is 5.79 Å². The van der Waals surface area contributed by atoms with Gasteiger partial charge in [-0.2, -0.15) is 0 Å². The molecule has 0 radical (unpaired) electrons. The van der Waals surface area contributed by atoms with Crippen LogP contribution in [0.5, 0.6) is 11.5 Å². The fourth-order valence-electron chi connectivity index (χ4n) is 11.2. The Balaban J connectivity index is 0.000000243. The number of aromatic hydroxyl groups is 2. The van der Waals surface area contributed by atoms with Crippen molar-refractivity contribution in [3.8, 4) is 11.5 Å². The summed E-state index contributed by atoms with van der Waals surface area (Å²) in [6.45, 7) is 33.5. The molecule has 2 amide bonds. The number of hydrogen-bond acceptors (Lipinski definition) is 18. The lowest BCUT2D eigenvalue weighted by Gasteiger charge is -2.26. The van der Waals surface area contributed by atoms with E-state index in [1.807, 2.05) is 118 Å². The van der Waals surface area contributed by atoms with Gasteiger partial charge in [0, 0.05) is 34.8 Å². The van der Waals surface area contributed by atoms with Crippen LogP contribution in [0.1, 0.15) is 190 Å². The molecule has 7 aliphatic rings. The third kappa shape index (κ3) is 20.7. The molecule has 500 valence electrons. The monoisotopic (exact) mass is 1260 g/mol. The molecule has 20 nitrogen and oxygen atoms in total. The van der Waals surface area contributed by atoms with E-state index < -0.39 is 17.6 Å². The predicted octanol–water partition coefficient (Wildman–Crippen LogP) is 12.8. The maximum absolute atomic E-state index is 12.4. The zero-order chi connectivity index (χ0) is 67.4. The molecule has 4 bridgehead atoms. The molecule has 90 heavy (non-hydrogen) atoms. The molecule has 15 atom stereocenters. The smallest absolute Gasteiger partial charge is 0.309 e. The normalized spacial score (nSPS) is 25.7. The summed E-state index contributed by atoms with van der Waals surface area (Å²) in [6.07, 6.45) is 6.08. The van der Waals surface area contributed by atoms with Crippen molar-refractivity contribution in [3.63, 3.8) is 0 Å². The number of anilines is 2. The first-order chi connectivity index (χ1) is 42.6. The number of rotatable bonds is 16. The minimum absolute atomic E-state index is 0.0224. The van der Waals surface area contributed by atoms with E-state index in [0.717, 1.165) is 51.4 Å². The molecule has 7 fully saturated rings. The van der Waals surface area contributed by atoms with E-state index in [4.69, 9.17) is 37.9 Å². The van der Waals surface area contributed by atoms with Gasteiger partial charge in [-0.1, -0.05) is 113 Å². The van der Waals surface area contributed by atoms with Crippen molar-refractivity contribution in [2.24, 2.45) is 59.2 Å². The SMILES string of the molecule is CC.CC.CCC(C)C(=O)OC(C)(C)C.CCC(C)C(=O)OC1C2CC3C(=O)OC1C3C2.CCC(C)C(=O)OC1C2CC3C(=O)OC1C3C2.CCC(C)C(=O)OCC1COC(C)(C)O1.O=C(Nc1ccccc1O)c1cccc(C(=O)Nc2ccccc2O)c1. The number of para-hydroxylation sites is 4. The highest BCUT2D eigenvalue weighted by molar-refractivity contribution is 6.09. The second kappa shape index (κ2) is 34.9. The highest BCUT2D eigenvalue weighted by Crippen LogP contribution is 2.56. The fourth-order valence-corrected chi connectivity index (χ4v) is 11.2. The first-order valence-electron chi connectivity index (χ1n) is 32.4. The topological polar surface area (TPSA) is 275 Å². The molecule has 20 heteroatoms. The Morgan fingerprint density at radius 3 is 1.33 bits per heavy atom. The van der Waals surface area contributed by atoms with Gasteiger partial charge in [-0.15, -0.1) is 0 Å². The summed E-state index contributed by atoms with van der Waals surface area (Å²) in [5, 5.41) is 24.7. The number of benzene rings is 3. The van der Waals surface area contributed by atoms with Gasteiger partial charge in [0.25, 0.3) is 11.8 Å². The Kier molecular flexibility index (Phi) is 29.3. The van der Waals surface area contributed by atoms with Gasteiger partial charge in [0.2, 0.25) is 0 Å². The highest BCUT2D eigenvalue weighted by Gasteiger charge is 2.64. The van der Waals surface area contributed by atoms with Crippen LogP contribution in [0.4, 0.5) is 11.4 Å². The summed E-state index contributed by atoms with van der Waals surface area (Å²) in [4.78, 5) is 94.0. The van der Waals surface area contributed by atoms with E-state index >= 15 is 0 Å². The molecular weight excluding hydrogens is 1160 g/mol. The molecule has 4 N–H and O–H groups in total. The molecule has 10 rings (SSSR count). The number of nitrogens with one attached hydrogen (secondary N) is 2. The van der Waals surface area contributed by atoms with Crippen LogP contribution < -0.4 is 10.6 Å². The summed E-state index contributed by atoms with van der Waals surface area (Å²) in [5.74, 6) is -0.947. The van der Waals surface area contributed by atoms with Gasteiger partial charge < -0.3 is 58.7 Å². The lowest BCUT2D eigenvalue weighted by atomic mass is 9.88. The van der Waals surface area contributed by atoms with Crippen molar-refractivity contribution in [1.29, 1.82) is 0 Å². The molecule has 0 spiro atoms. The summed E-state index contributed by atoms with van der Waals surface area (Å²) in [7, 11) is 0. The Morgan fingerprint density at radius 2 is 0.967 bits per heavy atom. The van der Waals surface area contributed by atoms with E-state index in [1.165, 1.54) is 18.2 Å². The van der Waals surface area contributed by atoms with Crippen LogP contribution in [0.2, 0.25) is 0 Å². The molecule has 0 aromatic heterocycles. The number of phenolic OH excluding ortho intramolecular Hbond substituents is 2. The van der Waals surface area contributed by atoms with Gasteiger partial charge in [0.1, 0.15) is 54.2 Å². The highest BCUT2D eigenvalue weighted by atomic mass is 16.7. The second-order valence-electron chi connectivity index (χ2n) is 25.0. The third-order valence-electron chi connectivity index (χ3n) is 17.0. The van der Waals surface area contributed by atoms with Gasteiger partial charge in [-0.25, -0.2) is 0 Å². The van der Waals surface area contributed by atoms with E-state index in [2.05, 4.69) is 10.6 Å². The molecule has 3 aliphatic heterocycles. The van der Waals surface area contributed by atoms with Gasteiger partial charge >= 0.3 is 35.8 Å². The van der Waals surface area contributed by atoms with E-state index in [-0.39, 0.29) is 148 Å². The largest absolute Gasteiger partial charge is 0.506 e. The standard InChI is InChI=1S/C20H16N2O4.2C13H18O4.C11H20O4.C9H18O2.2C2H6/c23-17-10-3-1-8-15(17)21-19(25)13-6-5-7-14(12-13)20(26)22-16-9-2-4-11-18(16)24;2*1-3-6(2)12(14)16-10-7-4-8-9(5-7)13(15)17-11(8)10;1-5-8(2)10(12)13-6-9-7-14-11(3,4)15-9;1-6-7(2)8(10)11-9(3,4)5;2*1-2/h1-12,23-24H,(H,21,25)(H,22,26);2*6-11H,3-5H2,1-2H3;8-9H,5-7H2,1-4H3;7H,6H2,1-5H3;2*1-2H3. The van der Waals surface area contributed by atoms with Crippen molar-refractivity contribution in [2.45, 2.75) is 211 Å². The minimum Gasteiger partial charge on any atom is -0.506 e. The van der Waals surface area contributed by atoms with E-state index in [1.54, 1.807) is 54.6 Å². The van der Waals surface area contributed by atoms with Crippen molar-refractivity contribution in [3.05, 3.63) is 83.9 Å². The van der Waals surface area contributed by atoms with Crippen LogP contribution in [-0.4, -0.2) is 113 Å². The quantitative estimate of drug-likeness (QED) is 0.0589. The predicted molar refractivity (Wildman–Crippen MR) is 340 cm³/mol. The Bertz CT molecular complexity index is 2720. The number of carbonyl (C=O) groups is 8. The zero-order valence-electron chi connectivity index (χ0n) is 56.1. The lowest BCUT2D eigenvalue weighted by Crippen LogP contribution is -2.37. The average Bonchev–Trinajstić information content (AvgIpc) is 1.59. The van der Waals surface area contributed by atoms with Crippen molar-refractivity contribution in [1.82, 2.24) is 0 Å². The number of carbonyl (C=O) groups excluding carboxylic acids is 8. The molecule has 3 saturated heterocycles. The van der Waals surface area contributed by atoms with E-state index in [0.29, 0.717) is 30.3 Å². The Labute approximate surface area is 532 Å². The fraction of sp³-hybridized carbons (Fsp3) is 0.629. The number of ether oxygens (including phenoxy) is 8. The summed E-state index contributed by atoms with van der Waals surface area (Å²) < 4.78 is 43.0. The minimum atomic E-state index is -0.548. The number of phenols is 2. The zero-order valence-corrected chi connectivity index (χ0v) is 56.1. The van der Waals surface area contributed by atoms with Crippen LogP contribution in [0.25, 0.3) is 0 Å². The van der Waals surface area contributed by atoms with Gasteiger partial charge in [-0.3, -0.25) is 38.4 Å². The van der Waals surface area contributed by atoms with Crippen LogP contribution >= 0.6 is 0 Å². The van der Waals surface area contributed by atoms with Crippen LogP contribution in [0.15, 0.2) is 72.8 Å². The molecule has 3 aromatic carbocycles. The summed E-state index contributed by atoms with van der Waals surface area (Å²) >= 11 is 0. The third-order valence-corrected chi connectivity index (χ3v) is 17.0.